The normalized spacial score (nSPS) is 12.5. The van der Waals surface area contributed by atoms with Crippen LogP contribution < -0.4 is 0 Å². The Bertz CT molecular complexity index is 1710. The zero-order chi connectivity index (χ0) is 20.3. The lowest BCUT2D eigenvalue weighted by Crippen LogP contribution is -2.01. The second kappa shape index (κ2) is 4.80. The molecule has 0 radical (unpaired) electrons. The second-order valence-corrected chi connectivity index (χ2v) is 7.78. The number of benzene rings is 7. The molecule has 0 fully saturated rings. The highest BCUT2D eigenvalue weighted by atomic mass is 16.6. The standard InChI is InChI=1S/C24H10N2O4/c27-25(28)23-15-9-7-13-5-3-11-1-2-12-4-6-14-8-10-16(24(23)26(29)30)22-20(14)18(12)17(11)19(13)21(15)22/h1-10H. The second-order valence-electron chi connectivity index (χ2n) is 7.78. The fraction of sp³-hybridized carbons (Fsp3) is 0. The summed E-state index contributed by atoms with van der Waals surface area (Å²) >= 11 is 0. The van der Waals surface area contributed by atoms with Gasteiger partial charge in [-0.25, -0.2) is 0 Å². The lowest BCUT2D eigenvalue weighted by molar-refractivity contribution is -0.420. The van der Waals surface area contributed by atoms with Crippen molar-refractivity contribution < 1.29 is 9.85 Å². The number of nitro benzene ring substituents is 2. The summed E-state index contributed by atoms with van der Waals surface area (Å²) < 4.78 is 0. The van der Waals surface area contributed by atoms with E-state index in [2.05, 4.69) is 24.3 Å². The maximum atomic E-state index is 12.0. The molecule has 7 rings (SSSR count). The number of hydrogen-bond acceptors (Lipinski definition) is 4. The molecule has 0 saturated carbocycles. The van der Waals surface area contributed by atoms with Crippen molar-refractivity contribution in [2.24, 2.45) is 0 Å². The summed E-state index contributed by atoms with van der Waals surface area (Å²) in [6, 6.07) is 19.2. The highest BCUT2D eigenvalue weighted by Gasteiger charge is 2.34. The average Bonchev–Trinajstić information content (AvgIpc) is 2.75. The van der Waals surface area contributed by atoms with Crippen molar-refractivity contribution in [2.45, 2.75) is 0 Å². The molecule has 0 atom stereocenters. The third kappa shape index (κ3) is 1.55. The van der Waals surface area contributed by atoms with Gasteiger partial charge >= 0.3 is 11.4 Å². The molecular weight excluding hydrogens is 380 g/mol. The van der Waals surface area contributed by atoms with Gasteiger partial charge in [-0.05, 0) is 55.2 Å². The molecule has 7 aromatic rings. The van der Waals surface area contributed by atoms with Gasteiger partial charge in [-0.2, -0.15) is 0 Å². The van der Waals surface area contributed by atoms with Crippen LogP contribution in [0.1, 0.15) is 0 Å². The fourth-order valence-corrected chi connectivity index (χ4v) is 5.40. The zero-order valence-electron chi connectivity index (χ0n) is 15.3. The Balaban J connectivity index is 2.02. The van der Waals surface area contributed by atoms with Crippen molar-refractivity contribution in [1.29, 1.82) is 0 Å². The van der Waals surface area contributed by atoms with Gasteiger partial charge in [0.05, 0.1) is 20.6 Å². The van der Waals surface area contributed by atoms with Gasteiger partial charge in [0.15, 0.2) is 0 Å². The Morgan fingerprint density at radius 3 is 1.00 bits per heavy atom. The maximum Gasteiger partial charge on any atom is 0.354 e. The topological polar surface area (TPSA) is 86.3 Å². The molecule has 140 valence electrons. The molecule has 0 N–H and O–H groups in total. The summed E-state index contributed by atoms with van der Waals surface area (Å²) in [4.78, 5) is 22.8. The van der Waals surface area contributed by atoms with Crippen molar-refractivity contribution >= 4 is 76.0 Å². The molecular formula is C24H10N2O4. The van der Waals surface area contributed by atoms with Crippen LogP contribution in [0.3, 0.4) is 0 Å². The van der Waals surface area contributed by atoms with Crippen LogP contribution in [0.4, 0.5) is 11.4 Å². The van der Waals surface area contributed by atoms with Gasteiger partial charge in [-0.15, -0.1) is 0 Å². The van der Waals surface area contributed by atoms with Crippen molar-refractivity contribution in [3.8, 4) is 0 Å². The first-order chi connectivity index (χ1) is 14.6. The first-order valence-corrected chi connectivity index (χ1v) is 9.48. The van der Waals surface area contributed by atoms with Gasteiger partial charge in [-0.1, -0.05) is 48.5 Å². The molecule has 6 heteroatoms. The van der Waals surface area contributed by atoms with Crippen LogP contribution in [0.5, 0.6) is 0 Å². The van der Waals surface area contributed by atoms with E-state index in [1.807, 2.05) is 24.3 Å². The number of hydrogen-bond donors (Lipinski definition) is 0. The predicted octanol–water partition coefficient (Wildman–Crippen LogP) is 6.74. The Morgan fingerprint density at radius 2 is 0.700 bits per heavy atom. The largest absolute Gasteiger partial charge is 0.354 e. The lowest BCUT2D eigenvalue weighted by Gasteiger charge is -2.20. The molecule has 0 amide bonds. The molecule has 0 spiro atoms. The fourth-order valence-electron chi connectivity index (χ4n) is 5.40. The van der Waals surface area contributed by atoms with Crippen LogP contribution >= 0.6 is 0 Å². The van der Waals surface area contributed by atoms with E-state index >= 15 is 0 Å². The third-order valence-corrected chi connectivity index (χ3v) is 6.48. The van der Waals surface area contributed by atoms with Crippen LogP contribution in [-0.2, 0) is 0 Å². The Kier molecular flexibility index (Phi) is 2.50. The summed E-state index contributed by atoms with van der Waals surface area (Å²) in [5.74, 6) is 0. The first kappa shape index (κ1) is 15.6. The van der Waals surface area contributed by atoms with Crippen LogP contribution in [0, 0.1) is 20.2 Å². The highest BCUT2D eigenvalue weighted by molar-refractivity contribution is 6.46. The molecule has 6 nitrogen and oxygen atoms in total. The van der Waals surface area contributed by atoms with E-state index in [1.165, 1.54) is 0 Å². The van der Waals surface area contributed by atoms with Gasteiger partial charge in [0, 0.05) is 10.8 Å². The minimum Gasteiger partial charge on any atom is -0.258 e. The highest BCUT2D eigenvalue weighted by Crippen LogP contribution is 2.53. The van der Waals surface area contributed by atoms with Crippen molar-refractivity contribution in [2.75, 3.05) is 0 Å². The van der Waals surface area contributed by atoms with Crippen LogP contribution in [0.25, 0.3) is 64.6 Å². The van der Waals surface area contributed by atoms with E-state index in [-0.39, 0.29) is 0 Å². The molecule has 0 aromatic heterocycles. The molecule has 0 unspecified atom stereocenters. The van der Waals surface area contributed by atoms with Crippen LogP contribution in [-0.4, -0.2) is 9.85 Å². The lowest BCUT2D eigenvalue weighted by atomic mass is 9.82. The van der Waals surface area contributed by atoms with Gasteiger partial charge < -0.3 is 0 Å². The van der Waals surface area contributed by atoms with Gasteiger partial charge in [0.2, 0.25) is 0 Å². The van der Waals surface area contributed by atoms with E-state index in [0.717, 1.165) is 53.9 Å². The molecule has 0 aliphatic rings. The maximum absolute atomic E-state index is 12.0. The molecule has 0 aliphatic carbocycles. The smallest absolute Gasteiger partial charge is 0.258 e. The van der Waals surface area contributed by atoms with Gasteiger partial charge in [0.1, 0.15) is 0 Å². The molecule has 0 heterocycles. The molecule has 30 heavy (non-hydrogen) atoms. The minimum absolute atomic E-state index is 0.318. The molecule has 0 saturated heterocycles. The first-order valence-electron chi connectivity index (χ1n) is 9.48. The Morgan fingerprint density at radius 1 is 0.433 bits per heavy atom. The predicted molar refractivity (Wildman–Crippen MR) is 118 cm³/mol. The summed E-state index contributed by atoms with van der Waals surface area (Å²) in [5.41, 5.74) is -0.875. The van der Waals surface area contributed by atoms with E-state index in [0.29, 0.717) is 10.8 Å². The van der Waals surface area contributed by atoms with E-state index in [4.69, 9.17) is 0 Å². The minimum atomic E-state index is -0.621. The summed E-state index contributed by atoms with van der Waals surface area (Å²) in [7, 11) is 0. The van der Waals surface area contributed by atoms with Crippen molar-refractivity contribution in [3.63, 3.8) is 0 Å². The summed E-state index contributed by atoms with van der Waals surface area (Å²) in [5, 5.41) is 34.2. The van der Waals surface area contributed by atoms with Gasteiger partial charge in [-0.3, -0.25) is 20.2 Å². The van der Waals surface area contributed by atoms with E-state index in [9.17, 15) is 20.2 Å². The molecule has 0 bridgehead atoms. The Hall–Kier alpha value is -4.32. The zero-order valence-corrected chi connectivity index (χ0v) is 15.3. The quantitative estimate of drug-likeness (QED) is 0.142. The average molecular weight is 390 g/mol. The molecule has 0 aliphatic heterocycles. The van der Waals surface area contributed by atoms with Crippen molar-refractivity contribution in [3.05, 3.63) is 80.9 Å². The van der Waals surface area contributed by atoms with E-state index in [1.54, 1.807) is 12.1 Å². The van der Waals surface area contributed by atoms with Gasteiger partial charge in [0.25, 0.3) is 0 Å². The van der Waals surface area contributed by atoms with E-state index < -0.39 is 21.2 Å². The summed E-state index contributed by atoms with van der Waals surface area (Å²) in [6.45, 7) is 0. The Labute approximate surface area is 167 Å². The number of nitro groups is 2. The van der Waals surface area contributed by atoms with Crippen LogP contribution in [0.15, 0.2) is 60.7 Å². The van der Waals surface area contributed by atoms with Crippen LogP contribution in [0.2, 0.25) is 0 Å². The monoisotopic (exact) mass is 390 g/mol. The third-order valence-electron chi connectivity index (χ3n) is 6.48. The SMILES string of the molecule is O=[N+]([O-])c1c([N+](=O)[O-])c2ccc3ccc4ccc5ccc6ccc1c1c6c5c4c3c21. The van der Waals surface area contributed by atoms with Crippen molar-refractivity contribution in [1.82, 2.24) is 0 Å². The molecule has 7 aromatic carbocycles. The summed E-state index contributed by atoms with van der Waals surface area (Å²) in [6.07, 6.45) is 0. The number of rotatable bonds is 2. The number of nitrogens with zero attached hydrogens (tertiary/aromatic N) is 2.